The zero-order valence-electron chi connectivity index (χ0n) is 14.2. The van der Waals surface area contributed by atoms with Crippen molar-refractivity contribution in [3.05, 3.63) is 47.0 Å². The maximum Gasteiger partial charge on any atom is 0.254 e. The molecule has 2 aromatic rings. The molecule has 130 valence electrons. The number of aldehydes is 1. The van der Waals surface area contributed by atoms with Gasteiger partial charge in [-0.25, -0.2) is 0 Å². The Labute approximate surface area is 146 Å². The van der Waals surface area contributed by atoms with Gasteiger partial charge in [-0.1, -0.05) is 18.6 Å². The number of aryl methyl sites for hydroxylation is 1. The fraction of sp³-hybridized carbons (Fsp3) is 0.474. The lowest BCUT2D eigenvalue weighted by atomic mass is 10.1. The van der Waals surface area contributed by atoms with Crippen molar-refractivity contribution in [1.82, 2.24) is 19.7 Å². The summed E-state index contributed by atoms with van der Waals surface area (Å²) in [7, 11) is 0. The molecule has 2 aliphatic rings. The van der Waals surface area contributed by atoms with Crippen molar-refractivity contribution in [3.8, 4) is 0 Å². The predicted molar refractivity (Wildman–Crippen MR) is 92.4 cm³/mol. The van der Waals surface area contributed by atoms with Gasteiger partial charge in [0.1, 0.15) is 12.1 Å². The molecule has 0 spiro atoms. The fourth-order valence-corrected chi connectivity index (χ4v) is 3.90. The first-order chi connectivity index (χ1) is 12.3. The molecule has 4 rings (SSSR count). The van der Waals surface area contributed by atoms with Crippen LogP contribution in [0.3, 0.4) is 0 Å². The third kappa shape index (κ3) is 2.97. The predicted octanol–water partition coefficient (Wildman–Crippen LogP) is 2.79. The fourth-order valence-electron chi connectivity index (χ4n) is 3.90. The number of carbonyl (C=O) groups excluding carboxylic acids is 2. The molecule has 0 saturated carbocycles. The standard InChI is InChI=1S/C19H22N4O2/c24-13-14-7-9-15(10-8-14)19(25)22-12-4-5-16(22)18-21-20-17-6-2-1-3-11-23(17)18/h7-10,13,16H,1-6,11-12H2/t16-/m0/s1. The van der Waals surface area contributed by atoms with Crippen LogP contribution in [-0.2, 0) is 13.0 Å². The monoisotopic (exact) mass is 338 g/mol. The van der Waals surface area contributed by atoms with E-state index in [1.165, 1.54) is 6.42 Å². The molecule has 1 fully saturated rings. The van der Waals surface area contributed by atoms with Crippen molar-refractivity contribution in [2.24, 2.45) is 0 Å². The largest absolute Gasteiger partial charge is 0.328 e. The minimum absolute atomic E-state index is 0.00222. The van der Waals surface area contributed by atoms with E-state index in [9.17, 15) is 9.59 Å². The van der Waals surface area contributed by atoms with E-state index in [-0.39, 0.29) is 11.9 Å². The second-order valence-electron chi connectivity index (χ2n) is 6.83. The summed E-state index contributed by atoms with van der Waals surface area (Å²) in [6, 6.07) is 6.83. The van der Waals surface area contributed by atoms with Crippen molar-refractivity contribution in [1.29, 1.82) is 0 Å². The van der Waals surface area contributed by atoms with Gasteiger partial charge < -0.3 is 9.47 Å². The molecule has 1 amide bonds. The Morgan fingerprint density at radius 3 is 2.68 bits per heavy atom. The molecular formula is C19H22N4O2. The summed E-state index contributed by atoms with van der Waals surface area (Å²) in [6.07, 6.45) is 7.19. The molecule has 1 aromatic heterocycles. The number of aromatic nitrogens is 3. The first-order valence-electron chi connectivity index (χ1n) is 9.06. The van der Waals surface area contributed by atoms with Crippen LogP contribution in [0.15, 0.2) is 24.3 Å². The van der Waals surface area contributed by atoms with Gasteiger partial charge >= 0.3 is 0 Å². The molecule has 1 atom stereocenters. The summed E-state index contributed by atoms with van der Waals surface area (Å²) >= 11 is 0. The van der Waals surface area contributed by atoms with Crippen molar-refractivity contribution in [2.45, 2.75) is 51.1 Å². The molecule has 0 N–H and O–H groups in total. The topological polar surface area (TPSA) is 68.1 Å². The van der Waals surface area contributed by atoms with Crippen LogP contribution in [0.4, 0.5) is 0 Å². The molecule has 0 unspecified atom stereocenters. The van der Waals surface area contributed by atoms with E-state index in [1.807, 2.05) is 4.90 Å². The molecule has 0 aliphatic carbocycles. The molecule has 1 aromatic carbocycles. The first-order valence-corrected chi connectivity index (χ1v) is 9.06. The summed E-state index contributed by atoms with van der Waals surface area (Å²) in [5.74, 6) is 2.00. The van der Waals surface area contributed by atoms with E-state index in [4.69, 9.17) is 0 Å². The van der Waals surface area contributed by atoms with Crippen molar-refractivity contribution in [3.63, 3.8) is 0 Å². The van der Waals surface area contributed by atoms with Crippen LogP contribution in [0, 0.1) is 0 Å². The van der Waals surface area contributed by atoms with Gasteiger partial charge in [-0.05, 0) is 37.8 Å². The lowest BCUT2D eigenvalue weighted by Crippen LogP contribution is -2.32. The second-order valence-corrected chi connectivity index (χ2v) is 6.83. The molecular weight excluding hydrogens is 316 g/mol. The summed E-state index contributed by atoms with van der Waals surface area (Å²) in [6.45, 7) is 1.69. The molecule has 25 heavy (non-hydrogen) atoms. The highest BCUT2D eigenvalue weighted by Crippen LogP contribution is 2.33. The third-order valence-electron chi connectivity index (χ3n) is 5.24. The van der Waals surface area contributed by atoms with Crippen LogP contribution in [0.25, 0.3) is 0 Å². The van der Waals surface area contributed by atoms with Crippen LogP contribution in [-0.4, -0.2) is 38.4 Å². The molecule has 0 bridgehead atoms. The maximum atomic E-state index is 13.0. The highest BCUT2D eigenvalue weighted by Gasteiger charge is 2.34. The van der Waals surface area contributed by atoms with Crippen molar-refractivity contribution < 1.29 is 9.59 Å². The maximum absolute atomic E-state index is 13.0. The molecule has 6 heteroatoms. The van der Waals surface area contributed by atoms with Crippen LogP contribution >= 0.6 is 0 Å². The SMILES string of the molecule is O=Cc1ccc(C(=O)N2CCC[C@H]2c2nnc3n2CCCCC3)cc1. The first kappa shape index (κ1) is 16.0. The smallest absolute Gasteiger partial charge is 0.254 e. The summed E-state index contributed by atoms with van der Waals surface area (Å²) in [4.78, 5) is 25.7. The van der Waals surface area contributed by atoms with Crippen LogP contribution in [0.5, 0.6) is 0 Å². The number of carbonyl (C=O) groups is 2. The van der Waals surface area contributed by atoms with E-state index in [1.54, 1.807) is 24.3 Å². The number of benzene rings is 1. The van der Waals surface area contributed by atoms with Gasteiger partial charge in [0.05, 0.1) is 6.04 Å². The van der Waals surface area contributed by atoms with Crippen LogP contribution in [0.1, 0.15) is 70.5 Å². The third-order valence-corrected chi connectivity index (χ3v) is 5.24. The van der Waals surface area contributed by atoms with E-state index in [0.717, 1.165) is 63.1 Å². The Hall–Kier alpha value is -2.50. The Morgan fingerprint density at radius 2 is 1.88 bits per heavy atom. The number of rotatable bonds is 3. The molecule has 1 saturated heterocycles. The average Bonchev–Trinajstić information content (AvgIpc) is 3.22. The van der Waals surface area contributed by atoms with Gasteiger partial charge in [-0.2, -0.15) is 0 Å². The van der Waals surface area contributed by atoms with E-state index in [2.05, 4.69) is 14.8 Å². The van der Waals surface area contributed by atoms with Gasteiger partial charge in [0, 0.05) is 30.6 Å². The summed E-state index contributed by atoms with van der Waals surface area (Å²) in [5.41, 5.74) is 1.20. The number of amides is 1. The highest BCUT2D eigenvalue weighted by atomic mass is 16.2. The number of hydrogen-bond acceptors (Lipinski definition) is 4. The van der Waals surface area contributed by atoms with Crippen molar-refractivity contribution >= 4 is 12.2 Å². The Balaban J connectivity index is 1.61. The van der Waals surface area contributed by atoms with Gasteiger partial charge in [0.15, 0.2) is 5.82 Å². The molecule has 2 aliphatic heterocycles. The zero-order chi connectivity index (χ0) is 17.2. The molecule has 3 heterocycles. The van der Waals surface area contributed by atoms with E-state index in [0.29, 0.717) is 11.1 Å². The zero-order valence-corrected chi connectivity index (χ0v) is 14.2. The number of nitrogens with zero attached hydrogens (tertiary/aromatic N) is 4. The van der Waals surface area contributed by atoms with E-state index >= 15 is 0 Å². The molecule has 0 radical (unpaired) electrons. The Morgan fingerprint density at radius 1 is 1.04 bits per heavy atom. The lowest BCUT2D eigenvalue weighted by Gasteiger charge is -2.25. The summed E-state index contributed by atoms with van der Waals surface area (Å²) in [5, 5.41) is 8.83. The van der Waals surface area contributed by atoms with Crippen LogP contribution < -0.4 is 0 Å². The minimum atomic E-state index is -0.00222. The molecule has 6 nitrogen and oxygen atoms in total. The number of fused-ring (bicyclic) bond motifs is 1. The number of hydrogen-bond donors (Lipinski definition) is 0. The average molecular weight is 338 g/mol. The van der Waals surface area contributed by atoms with Gasteiger partial charge in [-0.15, -0.1) is 10.2 Å². The number of likely N-dealkylation sites (tertiary alicyclic amines) is 1. The Bertz CT molecular complexity index is 781. The second kappa shape index (κ2) is 6.78. The van der Waals surface area contributed by atoms with Gasteiger partial charge in [0.2, 0.25) is 0 Å². The highest BCUT2D eigenvalue weighted by molar-refractivity contribution is 5.95. The minimum Gasteiger partial charge on any atom is -0.328 e. The summed E-state index contributed by atoms with van der Waals surface area (Å²) < 4.78 is 2.23. The normalized spacial score (nSPS) is 20.2. The van der Waals surface area contributed by atoms with Gasteiger partial charge in [0.25, 0.3) is 5.91 Å². The van der Waals surface area contributed by atoms with Crippen LogP contribution in [0.2, 0.25) is 0 Å². The van der Waals surface area contributed by atoms with Gasteiger partial charge in [-0.3, -0.25) is 9.59 Å². The quantitative estimate of drug-likeness (QED) is 0.807. The Kier molecular flexibility index (Phi) is 4.34. The lowest BCUT2D eigenvalue weighted by molar-refractivity contribution is 0.0726. The van der Waals surface area contributed by atoms with Crippen molar-refractivity contribution in [2.75, 3.05) is 6.54 Å². The van der Waals surface area contributed by atoms with E-state index < -0.39 is 0 Å².